The van der Waals surface area contributed by atoms with Crippen molar-refractivity contribution < 1.29 is 4.79 Å². The summed E-state index contributed by atoms with van der Waals surface area (Å²) in [6.45, 7) is 14.0. The number of amides is 2. The van der Waals surface area contributed by atoms with Gasteiger partial charge in [0.1, 0.15) is 11.6 Å². The fraction of sp³-hybridized carbons (Fsp3) is 0.581. The zero-order valence-corrected chi connectivity index (χ0v) is 23.8. The number of nitrogens with one attached hydrogen (secondary N) is 2. The van der Waals surface area contributed by atoms with Gasteiger partial charge in [0, 0.05) is 79.0 Å². The Hall–Kier alpha value is -3.13. The summed E-state index contributed by atoms with van der Waals surface area (Å²) in [7, 11) is 0. The van der Waals surface area contributed by atoms with Gasteiger partial charge in [-0.1, -0.05) is 39.0 Å². The highest BCUT2D eigenvalue weighted by atomic mass is 16.2. The normalized spacial score (nSPS) is 18.4. The zero-order chi connectivity index (χ0) is 27.0. The molecule has 2 aromatic heterocycles. The summed E-state index contributed by atoms with van der Waals surface area (Å²) in [5.74, 6) is 2.71. The average Bonchev–Trinajstić information content (AvgIpc) is 3.73. The molecule has 1 saturated heterocycles. The summed E-state index contributed by atoms with van der Waals surface area (Å²) < 4.78 is 0. The molecule has 3 aromatic rings. The number of urea groups is 1. The van der Waals surface area contributed by atoms with Gasteiger partial charge in [0.25, 0.3) is 0 Å². The number of H-pyrrole nitrogens is 1. The fourth-order valence-corrected chi connectivity index (χ4v) is 5.87. The molecular formula is C31H43N7O. The zero-order valence-electron chi connectivity index (χ0n) is 23.8. The molecule has 4 heterocycles. The second kappa shape index (κ2) is 10.8. The minimum absolute atomic E-state index is 0.0373. The van der Waals surface area contributed by atoms with E-state index in [1.165, 1.54) is 40.7 Å². The van der Waals surface area contributed by atoms with Gasteiger partial charge in [-0.25, -0.2) is 14.8 Å². The molecule has 1 aliphatic carbocycles. The Morgan fingerprint density at radius 3 is 2.62 bits per heavy atom. The number of nitrogens with zero attached hydrogens (tertiary/aromatic N) is 5. The van der Waals surface area contributed by atoms with Crippen LogP contribution in [0.25, 0.3) is 10.9 Å². The van der Waals surface area contributed by atoms with Crippen molar-refractivity contribution in [1.29, 1.82) is 0 Å². The van der Waals surface area contributed by atoms with Crippen LogP contribution >= 0.6 is 0 Å². The van der Waals surface area contributed by atoms with E-state index in [1.807, 2.05) is 4.90 Å². The molecule has 8 heteroatoms. The highest BCUT2D eigenvalue weighted by Gasteiger charge is 2.30. The third-order valence-corrected chi connectivity index (χ3v) is 8.44. The molecule has 0 radical (unpaired) electrons. The Labute approximate surface area is 232 Å². The number of para-hydroxylation sites is 1. The van der Waals surface area contributed by atoms with Gasteiger partial charge in [0.05, 0.1) is 6.54 Å². The van der Waals surface area contributed by atoms with Gasteiger partial charge in [0.15, 0.2) is 0 Å². The van der Waals surface area contributed by atoms with E-state index in [9.17, 15) is 4.79 Å². The second-order valence-corrected chi connectivity index (χ2v) is 12.6. The van der Waals surface area contributed by atoms with E-state index in [-0.39, 0.29) is 11.4 Å². The molecule has 1 saturated carbocycles. The third kappa shape index (κ3) is 5.91. The standard InChI is InChI=1S/C31H43N7O/c1-31(2,3)29-34-26(22-10-11-22)20-28(35-29)37-18-16-36(17-19-37)14-7-6-13-32-30(39)38-15-12-24-23-8-4-5-9-25(23)33-27(24)21-38/h4-5,8-9,20,22,33H,6-7,10-19,21H2,1-3H3,(H,32,39). The number of unbranched alkanes of at least 4 members (excludes halogenated alkanes) is 1. The lowest BCUT2D eigenvalue weighted by atomic mass is 9.95. The Morgan fingerprint density at radius 2 is 1.85 bits per heavy atom. The van der Waals surface area contributed by atoms with Crippen molar-refractivity contribution in [2.75, 3.05) is 50.7 Å². The van der Waals surface area contributed by atoms with E-state index < -0.39 is 0 Å². The average molecular weight is 530 g/mol. The van der Waals surface area contributed by atoms with Gasteiger partial charge in [-0.05, 0) is 50.3 Å². The number of benzene rings is 1. The molecule has 8 nitrogen and oxygen atoms in total. The maximum atomic E-state index is 12.8. The van der Waals surface area contributed by atoms with Gasteiger partial charge in [-0.15, -0.1) is 0 Å². The highest BCUT2D eigenvalue weighted by Crippen LogP contribution is 2.40. The van der Waals surface area contributed by atoms with Crippen LogP contribution in [0, 0.1) is 0 Å². The van der Waals surface area contributed by atoms with Crippen LogP contribution in [0.1, 0.15) is 75.1 Å². The first-order chi connectivity index (χ1) is 18.8. The van der Waals surface area contributed by atoms with Gasteiger partial charge in [-0.3, -0.25) is 4.90 Å². The van der Waals surface area contributed by atoms with Crippen LogP contribution in [-0.4, -0.2) is 76.6 Å². The molecule has 1 aromatic carbocycles. The molecule has 0 bridgehead atoms. The molecule has 6 rings (SSSR count). The van der Waals surface area contributed by atoms with Crippen molar-refractivity contribution in [2.45, 2.75) is 70.8 Å². The number of aromatic amines is 1. The van der Waals surface area contributed by atoms with Crippen LogP contribution in [0.4, 0.5) is 10.6 Å². The molecule has 0 unspecified atom stereocenters. The maximum absolute atomic E-state index is 12.8. The van der Waals surface area contributed by atoms with Crippen LogP contribution in [0.15, 0.2) is 30.3 Å². The predicted octanol–water partition coefficient (Wildman–Crippen LogP) is 4.80. The second-order valence-electron chi connectivity index (χ2n) is 12.6. The molecule has 0 spiro atoms. The topological polar surface area (TPSA) is 80.4 Å². The van der Waals surface area contributed by atoms with E-state index in [2.05, 4.69) is 71.2 Å². The largest absolute Gasteiger partial charge is 0.357 e. The van der Waals surface area contributed by atoms with E-state index in [0.717, 1.165) is 76.7 Å². The number of aromatic nitrogens is 3. The van der Waals surface area contributed by atoms with Gasteiger partial charge >= 0.3 is 6.03 Å². The lowest BCUT2D eigenvalue weighted by molar-refractivity contribution is 0.191. The summed E-state index contributed by atoms with van der Waals surface area (Å²) in [5, 5.41) is 4.45. The number of fused-ring (bicyclic) bond motifs is 3. The summed E-state index contributed by atoms with van der Waals surface area (Å²) in [6, 6.07) is 10.7. The number of hydrogen-bond acceptors (Lipinski definition) is 5. The summed E-state index contributed by atoms with van der Waals surface area (Å²) in [6.07, 6.45) is 5.53. The molecule has 208 valence electrons. The van der Waals surface area contributed by atoms with Crippen LogP contribution in [-0.2, 0) is 18.4 Å². The first kappa shape index (κ1) is 26.1. The number of anilines is 1. The van der Waals surface area contributed by atoms with Crippen molar-refractivity contribution in [3.05, 3.63) is 53.1 Å². The van der Waals surface area contributed by atoms with Crippen molar-refractivity contribution >= 4 is 22.8 Å². The van der Waals surface area contributed by atoms with E-state index in [4.69, 9.17) is 9.97 Å². The van der Waals surface area contributed by atoms with Crippen LogP contribution in [0.2, 0.25) is 0 Å². The summed E-state index contributed by atoms with van der Waals surface area (Å²) >= 11 is 0. The Kier molecular flexibility index (Phi) is 7.23. The number of carbonyl (C=O) groups is 1. The molecule has 39 heavy (non-hydrogen) atoms. The van der Waals surface area contributed by atoms with Gasteiger partial charge < -0.3 is 20.1 Å². The van der Waals surface area contributed by atoms with E-state index >= 15 is 0 Å². The number of rotatable bonds is 7. The first-order valence-corrected chi connectivity index (χ1v) is 14.8. The van der Waals surface area contributed by atoms with Gasteiger partial charge in [-0.2, -0.15) is 0 Å². The molecular weight excluding hydrogens is 486 g/mol. The monoisotopic (exact) mass is 529 g/mol. The van der Waals surface area contributed by atoms with Crippen molar-refractivity contribution in [1.82, 2.24) is 30.1 Å². The molecule has 0 atom stereocenters. The van der Waals surface area contributed by atoms with Crippen molar-refractivity contribution in [3.8, 4) is 0 Å². The predicted molar refractivity (Wildman–Crippen MR) is 156 cm³/mol. The molecule has 2 amide bonds. The smallest absolute Gasteiger partial charge is 0.317 e. The lowest BCUT2D eigenvalue weighted by Gasteiger charge is -2.36. The third-order valence-electron chi connectivity index (χ3n) is 8.44. The molecule has 2 aliphatic heterocycles. The molecule has 2 fully saturated rings. The SMILES string of the molecule is CC(C)(C)c1nc(C2CC2)cc(N2CCN(CCCCNC(=O)N3CCc4c([nH]c5ccccc45)C3)CC2)n1. The molecule has 3 aliphatic rings. The number of hydrogen-bond donors (Lipinski definition) is 2. The first-order valence-electron chi connectivity index (χ1n) is 14.8. The molecule has 2 N–H and O–H groups in total. The minimum atomic E-state index is -0.0373. The van der Waals surface area contributed by atoms with Crippen molar-refractivity contribution in [2.24, 2.45) is 0 Å². The number of piperazine rings is 1. The Balaban J connectivity index is 0.921. The Morgan fingerprint density at radius 1 is 1.05 bits per heavy atom. The minimum Gasteiger partial charge on any atom is -0.357 e. The maximum Gasteiger partial charge on any atom is 0.317 e. The van der Waals surface area contributed by atoms with E-state index in [1.54, 1.807) is 0 Å². The van der Waals surface area contributed by atoms with Crippen LogP contribution in [0.5, 0.6) is 0 Å². The van der Waals surface area contributed by atoms with Gasteiger partial charge in [0.2, 0.25) is 0 Å². The van der Waals surface area contributed by atoms with E-state index in [0.29, 0.717) is 12.5 Å². The van der Waals surface area contributed by atoms with Crippen LogP contribution < -0.4 is 10.2 Å². The quantitative estimate of drug-likeness (QED) is 0.430. The summed E-state index contributed by atoms with van der Waals surface area (Å²) in [4.78, 5) is 33.1. The van der Waals surface area contributed by atoms with Crippen molar-refractivity contribution in [3.63, 3.8) is 0 Å². The lowest BCUT2D eigenvalue weighted by Crippen LogP contribution is -2.47. The fourth-order valence-electron chi connectivity index (χ4n) is 5.87. The number of carbonyl (C=O) groups excluding carboxylic acids is 1. The van der Waals surface area contributed by atoms with Crippen LogP contribution in [0.3, 0.4) is 0 Å². The Bertz CT molecular complexity index is 1310. The highest BCUT2D eigenvalue weighted by molar-refractivity contribution is 5.85. The summed E-state index contributed by atoms with van der Waals surface area (Å²) in [5.41, 5.74) is 4.91.